The van der Waals surface area contributed by atoms with Crippen LogP contribution in [-0.4, -0.2) is 4.98 Å². The minimum Gasteiger partial charge on any atom is -0.398 e. The van der Waals surface area contributed by atoms with Crippen molar-refractivity contribution in [3.63, 3.8) is 0 Å². The van der Waals surface area contributed by atoms with Gasteiger partial charge in [-0.15, -0.1) is 13.2 Å². The minimum absolute atomic E-state index is 0.758. The van der Waals surface area contributed by atoms with Gasteiger partial charge in [0.1, 0.15) is 0 Å². The zero-order valence-electron chi connectivity index (χ0n) is 7.66. The number of pyridine rings is 1. The van der Waals surface area contributed by atoms with E-state index in [1.165, 1.54) is 0 Å². The lowest BCUT2D eigenvalue weighted by Crippen LogP contribution is -2.01. The van der Waals surface area contributed by atoms with Gasteiger partial charge in [-0.25, -0.2) is 0 Å². The zero-order chi connectivity index (χ0) is 9.68. The first kappa shape index (κ1) is 9.52. The van der Waals surface area contributed by atoms with Gasteiger partial charge in [-0.05, 0) is 12.5 Å². The van der Waals surface area contributed by atoms with Gasteiger partial charge in [-0.2, -0.15) is 0 Å². The van der Waals surface area contributed by atoms with Crippen LogP contribution in [-0.2, 0) is 12.8 Å². The third-order valence-corrected chi connectivity index (χ3v) is 1.87. The molecule has 0 radical (unpaired) electrons. The van der Waals surface area contributed by atoms with Crippen LogP contribution in [0.3, 0.4) is 0 Å². The van der Waals surface area contributed by atoms with Crippen LogP contribution in [0.2, 0.25) is 0 Å². The molecule has 2 N–H and O–H groups in total. The van der Waals surface area contributed by atoms with E-state index in [0.29, 0.717) is 0 Å². The summed E-state index contributed by atoms with van der Waals surface area (Å²) >= 11 is 0. The molecule has 0 aliphatic heterocycles. The van der Waals surface area contributed by atoms with Crippen LogP contribution in [0.25, 0.3) is 0 Å². The van der Waals surface area contributed by atoms with E-state index < -0.39 is 0 Å². The summed E-state index contributed by atoms with van der Waals surface area (Å²) < 4.78 is 0. The fraction of sp³-hybridized carbons (Fsp3) is 0.182. The standard InChI is InChI=1S/C11H14N2/c1-3-5-9-10(12)7-8-13-11(9)6-4-2/h3-4,7-8H,1-2,5-6H2,(H2,12,13). The lowest BCUT2D eigenvalue weighted by Gasteiger charge is -2.07. The number of rotatable bonds is 4. The SMILES string of the molecule is C=CCc1nccc(N)c1CC=C. The van der Waals surface area contributed by atoms with Crippen molar-refractivity contribution >= 4 is 5.69 Å². The van der Waals surface area contributed by atoms with Crippen molar-refractivity contribution in [3.05, 3.63) is 48.8 Å². The molecule has 13 heavy (non-hydrogen) atoms. The van der Waals surface area contributed by atoms with E-state index in [2.05, 4.69) is 18.1 Å². The van der Waals surface area contributed by atoms with E-state index in [9.17, 15) is 0 Å². The molecular weight excluding hydrogens is 160 g/mol. The number of hydrogen-bond acceptors (Lipinski definition) is 2. The zero-order valence-corrected chi connectivity index (χ0v) is 7.66. The van der Waals surface area contributed by atoms with Gasteiger partial charge >= 0.3 is 0 Å². The van der Waals surface area contributed by atoms with E-state index in [4.69, 9.17) is 5.73 Å². The fourth-order valence-electron chi connectivity index (χ4n) is 1.25. The second-order valence-corrected chi connectivity index (χ2v) is 2.81. The predicted octanol–water partition coefficient (Wildman–Crippen LogP) is 2.12. The lowest BCUT2D eigenvalue weighted by molar-refractivity contribution is 1.05. The van der Waals surface area contributed by atoms with Crippen LogP contribution in [0.1, 0.15) is 11.3 Å². The fourth-order valence-corrected chi connectivity index (χ4v) is 1.25. The Kier molecular flexibility index (Phi) is 3.26. The molecule has 2 nitrogen and oxygen atoms in total. The normalized spacial score (nSPS) is 9.54. The van der Waals surface area contributed by atoms with Crippen molar-refractivity contribution in [3.8, 4) is 0 Å². The van der Waals surface area contributed by atoms with Crippen LogP contribution in [0, 0.1) is 0 Å². The second kappa shape index (κ2) is 4.45. The maximum Gasteiger partial charge on any atom is 0.0496 e. The Morgan fingerprint density at radius 3 is 2.62 bits per heavy atom. The highest BCUT2D eigenvalue weighted by Crippen LogP contribution is 2.16. The molecule has 0 aromatic carbocycles. The second-order valence-electron chi connectivity index (χ2n) is 2.81. The molecule has 0 aliphatic rings. The summed E-state index contributed by atoms with van der Waals surface area (Å²) in [6.45, 7) is 7.37. The van der Waals surface area contributed by atoms with Crippen LogP contribution in [0.4, 0.5) is 5.69 Å². The molecule has 2 heteroatoms. The molecule has 1 aromatic heterocycles. The van der Waals surface area contributed by atoms with E-state index in [1.54, 1.807) is 6.20 Å². The molecule has 1 rings (SSSR count). The van der Waals surface area contributed by atoms with Crippen LogP contribution >= 0.6 is 0 Å². The van der Waals surface area contributed by atoms with Gasteiger partial charge in [0.05, 0.1) is 0 Å². The summed E-state index contributed by atoms with van der Waals surface area (Å²) in [7, 11) is 0. The Bertz CT molecular complexity index is 316. The predicted molar refractivity (Wildman–Crippen MR) is 56.5 cm³/mol. The first-order chi connectivity index (χ1) is 6.29. The van der Waals surface area contributed by atoms with Gasteiger partial charge in [-0.3, -0.25) is 4.98 Å². The third-order valence-electron chi connectivity index (χ3n) is 1.87. The van der Waals surface area contributed by atoms with E-state index in [0.717, 1.165) is 29.8 Å². The topological polar surface area (TPSA) is 38.9 Å². The van der Waals surface area contributed by atoms with Crippen molar-refractivity contribution in [2.24, 2.45) is 0 Å². The molecule has 0 saturated heterocycles. The van der Waals surface area contributed by atoms with Crippen molar-refractivity contribution in [1.29, 1.82) is 0 Å². The Morgan fingerprint density at radius 2 is 2.00 bits per heavy atom. The van der Waals surface area contributed by atoms with Crippen LogP contribution in [0.15, 0.2) is 37.6 Å². The summed E-state index contributed by atoms with van der Waals surface area (Å²) in [4.78, 5) is 4.25. The van der Waals surface area contributed by atoms with E-state index in [-0.39, 0.29) is 0 Å². The summed E-state index contributed by atoms with van der Waals surface area (Å²) in [5, 5.41) is 0. The van der Waals surface area contributed by atoms with Crippen molar-refractivity contribution in [2.45, 2.75) is 12.8 Å². The Balaban J connectivity index is 3.08. The highest BCUT2D eigenvalue weighted by Gasteiger charge is 2.03. The number of nitrogen functional groups attached to an aromatic ring is 1. The molecule has 0 unspecified atom stereocenters. The quantitative estimate of drug-likeness (QED) is 0.710. The molecule has 1 heterocycles. The average molecular weight is 174 g/mol. The van der Waals surface area contributed by atoms with Gasteiger partial charge in [0.15, 0.2) is 0 Å². The van der Waals surface area contributed by atoms with Crippen LogP contribution < -0.4 is 5.73 Å². The van der Waals surface area contributed by atoms with Crippen molar-refractivity contribution in [2.75, 3.05) is 5.73 Å². The summed E-state index contributed by atoms with van der Waals surface area (Å²) in [6.07, 6.45) is 6.91. The van der Waals surface area contributed by atoms with Gasteiger partial charge in [0.25, 0.3) is 0 Å². The lowest BCUT2D eigenvalue weighted by atomic mass is 10.1. The Morgan fingerprint density at radius 1 is 1.31 bits per heavy atom. The number of anilines is 1. The van der Waals surface area contributed by atoms with Gasteiger partial charge in [-0.1, -0.05) is 12.2 Å². The highest BCUT2D eigenvalue weighted by molar-refractivity contribution is 5.49. The number of nitrogens with two attached hydrogens (primary N) is 1. The van der Waals surface area contributed by atoms with Crippen molar-refractivity contribution in [1.82, 2.24) is 4.98 Å². The number of aromatic nitrogens is 1. The van der Waals surface area contributed by atoms with E-state index in [1.807, 2.05) is 18.2 Å². The Labute approximate surface area is 78.8 Å². The first-order valence-electron chi connectivity index (χ1n) is 4.23. The molecule has 0 fully saturated rings. The molecule has 68 valence electrons. The molecule has 0 saturated carbocycles. The summed E-state index contributed by atoms with van der Waals surface area (Å²) in [5.41, 5.74) is 8.66. The summed E-state index contributed by atoms with van der Waals surface area (Å²) in [5.74, 6) is 0. The minimum atomic E-state index is 0.758. The molecule has 1 aromatic rings. The monoisotopic (exact) mass is 174 g/mol. The number of allylic oxidation sites excluding steroid dienone is 2. The molecule has 0 bridgehead atoms. The largest absolute Gasteiger partial charge is 0.398 e. The maximum absolute atomic E-state index is 5.82. The van der Waals surface area contributed by atoms with E-state index >= 15 is 0 Å². The highest BCUT2D eigenvalue weighted by atomic mass is 14.7. The molecule has 0 aliphatic carbocycles. The Hall–Kier alpha value is -1.57. The molecule has 0 atom stereocenters. The first-order valence-corrected chi connectivity index (χ1v) is 4.23. The number of nitrogens with zero attached hydrogens (tertiary/aromatic N) is 1. The van der Waals surface area contributed by atoms with Gasteiger partial charge in [0.2, 0.25) is 0 Å². The van der Waals surface area contributed by atoms with Gasteiger partial charge in [0, 0.05) is 29.6 Å². The molecular formula is C11H14N2. The smallest absolute Gasteiger partial charge is 0.0496 e. The van der Waals surface area contributed by atoms with Crippen LogP contribution in [0.5, 0.6) is 0 Å². The molecule has 0 amide bonds. The number of hydrogen-bond donors (Lipinski definition) is 1. The maximum atomic E-state index is 5.82. The summed E-state index contributed by atoms with van der Waals surface area (Å²) in [6, 6.07) is 1.81. The molecule has 0 spiro atoms. The average Bonchev–Trinajstić information content (AvgIpc) is 2.11. The van der Waals surface area contributed by atoms with Crippen molar-refractivity contribution < 1.29 is 0 Å². The van der Waals surface area contributed by atoms with Gasteiger partial charge < -0.3 is 5.73 Å². The third kappa shape index (κ3) is 2.18.